The van der Waals surface area contributed by atoms with E-state index >= 15 is 0 Å². The first-order chi connectivity index (χ1) is 10.1. The second kappa shape index (κ2) is 5.06. The molecule has 0 atom stereocenters. The fourth-order valence-electron chi connectivity index (χ4n) is 2.12. The smallest absolute Gasteiger partial charge is 0.360 e. The molecule has 0 bridgehead atoms. The van der Waals surface area contributed by atoms with Crippen LogP contribution in [0.1, 0.15) is 10.5 Å². The number of nitrogen functional groups attached to an aromatic ring is 1. The van der Waals surface area contributed by atoms with E-state index in [4.69, 9.17) is 17.3 Å². The lowest BCUT2D eigenvalue weighted by molar-refractivity contribution is 0.0596. The van der Waals surface area contributed by atoms with Gasteiger partial charge >= 0.3 is 5.97 Å². The summed E-state index contributed by atoms with van der Waals surface area (Å²) >= 11 is 6.16. The highest BCUT2D eigenvalue weighted by Crippen LogP contribution is 2.29. The van der Waals surface area contributed by atoms with E-state index in [1.807, 2.05) is 6.07 Å². The number of carbonyl (C=O) groups excluding carboxylic acids is 1. The van der Waals surface area contributed by atoms with Gasteiger partial charge in [0.15, 0.2) is 5.69 Å². The van der Waals surface area contributed by atoms with Crippen molar-refractivity contribution in [3.8, 4) is 5.69 Å². The summed E-state index contributed by atoms with van der Waals surface area (Å²) in [5.74, 6) is -0.395. The maximum absolute atomic E-state index is 11.6. The Morgan fingerprint density at radius 2 is 2.14 bits per heavy atom. The molecule has 0 unspecified atom stereocenters. The lowest BCUT2D eigenvalue weighted by atomic mass is 10.2. The van der Waals surface area contributed by atoms with E-state index in [-0.39, 0.29) is 11.5 Å². The van der Waals surface area contributed by atoms with Crippen LogP contribution in [0.3, 0.4) is 0 Å². The highest BCUT2D eigenvalue weighted by Gasteiger charge is 2.18. The molecule has 6 nitrogen and oxygen atoms in total. The number of fused-ring (bicyclic) bond motifs is 1. The first-order valence-corrected chi connectivity index (χ1v) is 6.46. The minimum Gasteiger partial charge on any atom is -0.464 e. The summed E-state index contributed by atoms with van der Waals surface area (Å²) in [5, 5.41) is 1.39. The third-order valence-corrected chi connectivity index (χ3v) is 3.47. The van der Waals surface area contributed by atoms with Crippen LogP contribution >= 0.6 is 11.6 Å². The number of halogens is 1. The van der Waals surface area contributed by atoms with E-state index in [1.54, 1.807) is 29.0 Å². The van der Waals surface area contributed by atoms with E-state index in [0.717, 1.165) is 5.39 Å². The summed E-state index contributed by atoms with van der Waals surface area (Å²) in [7, 11) is 1.28. The number of aromatic nitrogens is 3. The molecule has 0 saturated carbocycles. The zero-order chi connectivity index (χ0) is 15.0. The van der Waals surface area contributed by atoms with Crippen molar-refractivity contribution in [1.82, 2.24) is 14.5 Å². The highest BCUT2D eigenvalue weighted by molar-refractivity contribution is 6.35. The van der Waals surface area contributed by atoms with Crippen LogP contribution in [-0.2, 0) is 4.74 Å². The van der Waals surface area contributed by atoms with E-state index in [9.17, 15) is 4.79 Å². The summed E-state index contributed by atoms with van der Waals surface area (Å²) in [6.45, 7) is 0. The van der Waals surface area contributed by atoms with Crippen molar-refractivity contribution in [1.29, 1.82) is 0 Å². The van der Waals surface area contributed by atoms with Crippen molar-refractivity contribution >= 4 is 34.3 Å². The molecule has 0 saturated heterocycles. The number of rotatable bonds is 2. The number of hydrogen-bond acceptors (Lipinski definition) is 5. The SMILES string of the molecule is COC(=O)c1ncn(-c2ccc(Cl)c3cccnc23)c1N. The third-order valence-electron chi connectivity index (χ3n) is 3.14. The van der Waals surface area contributed by atoms with Gasteiger partial charge in [-0.1, -0.05) is 11.6 Å². The number of carbonyl (C=O) groups is 1. The Morgan fingerprint density at radius 3 is 2.90 bits per heavy atom. The van der Waals surface area contributed by atoms with Gasteiger partial charge in [0.1, 0.15) is 12.1 Å². The lowest BCUT2D eigenvalue weighted by Crippen LogP contribution is -2.08. The van der Waals surface area contributed by atoms with Gasteiger partial charge < -0.3 is 10.5 Å². The molecule has 21 heavy (non-hydrogen) atoms. The van der Waals surface area contributed by atoms with Gasteiger partial charge in [0.2, 0.25) is 0 Å². The molecule has 1 aromatic carbocycles. The van der Waals surface area contributed by atoms with Gasteiger partial charge in [0.25, 0.3) is 0 Å². The summed E-state index contributed by atoms with van der Waals surface area (Å²) in [5.41, 5.74) is 7.41. The number of anilines is 1. The van der Waals surface area contributed by atoms with Gasteiger partial charge in [-0.3, -0.25) is 9.55 Å². The standard InChI is InChI=1S/C14H11ClN4O2/c1-21-14(20)12-13(16)19(7-18-12)10-5-4-9(15)8-3-2-6-17-11(8)10/h2-7H,16H2,1H3. The molecule has 0 radical (unpaired) electrons. The van der Waals surface area contributed by atoms with Crippen LogP contribution in [0.5, 0.6) is 0 Å². The zero-order valence-electron chi connectivity index (χ0n) is 11.1. The molecule has 0 aliphatic heterocycles. The number of nitrogens with two attached hydrogens (primary N) is 1. The van der Waals surface area contributed by atoms with Gasteiger partial charge in [-0.05, 0) is 24.3 Å². The number of hydrogen-bond donors (Lipinski definition) is 1. The van der Waals surface area contributed by atoms with E-state index in [2.05, 4.69) is 14.7 Å². The summed E-state index contributed by atoms with van der Waals surface area (Å²) in [6, 6.07) is 7.19. The summed E-state index contributed by atoms with van der Waals surface area (Å²) in [4.78, 5) is 19.9. The number of ether oxygens (including phenoxy) is 1. The number of pyridine rings is 1. The van der Waals surface area contributed by atoms with Crippen LogP contribution in [0.2, 0.25) is 5.02 Å². The monoisotopic (exact) mass is 302 g/mol. The Morgan fingerprint density at radius 1 is 1.33 bits per heavy atom. The van der Waals surface area contributed by atoms with Crippen molar-refractivity contribution in [3.63, 3.8) is 0 Å². The number of nitrogens with zero attached hydrogens (tertiary/aromatic N) is 3. The first-order valence-electron chi connectivity index (χ1n) is 6.08. The molecule has 2 heterocycles. The Labute approximate surface area is 125 Å². The Bertz CT molecular complexity index is 844. The molecular weight excluding hydrogens is 292 g/mol. The zero-order valence-corrected chi connectivity index (χ0v) is 11.8. The predicted octanol–water partition coefficient (Wildman–Crippen LogP) is 2.44. The van der Waals surface area contributed by atoms with Crippen LogP contribution in [0, 0.1) is 0 Å². The van der Waals surface area contributed by atoms with E-state index in [1.165, 1.54) is 13.4 Å². The van der Waals surface area contributed by atoms with E-state index < -0.39 is 5.97 Å². The number of esters is 1. The minimum absolute atomic E-state index is 0.0662. The average molecular weight is 303 g/mol. The summed E-state index contributed by atoms with van der Waals surface area (Å²) in [6.07, 6.45) is 3.12. The predicted molar refractivity (Wildman–Crippen MR) is 79.6 cm³/mol. The van der Waals surface area contributed by atoms with Crippen molar-refractivity contribution in [3.05, 3.63) is 47.5 Å². The minimum atomic E-state index is -0.586. The van der Waals surface area contributed by atoms with Crippen LogP contribution in [0.15, 0.2) is 36.8 Å². The largest absolute Gasteiger partial charge is 0.464 e. The van der Waals surface area contributed by atoms with Crippen molar-refractivity contribution in [2.45, 2.75) is 0 Å². The molecule has 2 N–H and O–H groups in total. The quantitative estimate of drug-likeness (QED) is 0.735. The highest BCUT2D eigenvalue weighted by atomic mass is 35.5. The van der Waals surface area contributed by atoms with Crippen molar-refractivity contribution in [2.24, 2.45) is 0 Å². The second-order valence-electron chi connectivity index (χ2n) is 4.31. The molecule has 0 fully saturated rings. The Balaban J connectivity index is 2.25. The Kier molecular flexibility index (Phi) is 3.23. The van der Waals surface area contributed by atoms with Gasteiger partial charge in [-0.2, -0.15) is 0 Å². The van der Waals surface area contributed by atoms with E-state index in [0.29, 0.717) is 16.2 Å². The van der Waals surface area contributed by atoms with Crippen LogP contribution < -0.4 is 5.73 Å². The van der Waals surface area contributed by atoms with Crippen molar-refractivity contribution < 1.29 is 9.53 Å². The topological polar surface area (TPSA) is 83.0 Å². The normalized spacial score (nSPS) is 10.8. The second-order valence-corrected chi connectivity index (χ2v) is 4.71. The first kappa shape index (κ1) is 13.4. The molecule has 7 heteroatoms. The average Bonchev–Trinajstić information content (AvgIpc) is 2.89. The molecular formula is C14H11ClN4O2. The van der Waals surface area contributed by atoms with Crippen LogP contribution in [-0.4, -0.2) is 27.6 Å². The van der Waals surface area contributed by atoms with Crippen molar-refractivity contribution in [2.75, 3.05) is 12.8 Å². The fourth-order valence-corrected chi connectivity index (χ4v) is 2.34. The molecule has 0 aliphatic carbocycles. The number of imidazole rings is 1. The number of methoxy groups -OCH3 is 1. The van der Waals surface area contributed by atoms with Crippen LogP contribution in [0.4, 0.5) is 5.82 Å². The molecule has 2 aromatic heterocycles. The molecule has 0 aliphatic rings. The molecule has 0 spiro atoms. The third kappa shape index (κ3) is 2.09. The van der Waals surface area contributed by atoms with Crippen LogP contribution in [0.25, 0.3) is 16.6 Å². The molecule has 106 valence electrons. The van der Waals surface area contributed by atoms with Gasteiger partial charge in [-0.15, -0.1) is 0 Å². The van der Waals surface area contributed by atoms with Gasteiger partial charge in [0, 0.05) is 11.6 Å². The summed E-state index contributed by atoms with van der Waals surface area (Å²) < 4.78 is 6.22. The lowest BCUT2D eigenvalue weighted by Gasteiger charge is -2.09. The fraction of sp³-hybridized carbons (Fsp3) is 0.0714. The van der Waals surface area contributed by atoms with Gasteiger partial charge in [-0.25, -0.2) is 9.78 Å². The molecule has 3 aromatic rings. The number of benzene rings is 1. The van der Waals surface area contributed by atoms with Gasteiger partial charge in [0.05, 0.1) is 23.3 Å². The molecule has 3 rings (SSSR count). The maximum atomic E-state index is 11.6. The maximum Gasteiger partial charge on any atom is 0.360 e. The Hall–Kier alpha value is -2.60. The molecule has 0 amide bonds.